The van der Waals surface area contributed by atoms with E-state index in [1.54, 1.807) is 20.8 Å². The van der Waals surface area contributed by atoms with Crippen LogP contribution >= 0.6 is 11.6 Å². The van der Waals surface area contributed by atoms with Crippen molar-refractivity contribution >= 4 is 56.1 Å². The highest BCUT2D eigenvalue weighted by atomic mass is 35.5. The predicted molar refractivity (Wildman–Crippen MR) is 323 cm³/mol. The first kappa shape index (κ1) is 72.5. The molecule has 2 heterocycles. The van der Waals surface area contributed by atoms with Crippen molar-refractivity contribution in [3.63, 3.8) is 0 Å². The molecule has 1 saturated carbocycles. The van der Waals surface area contributed by atoms with Crippen molar-refractivity contribution in [1.82, 2.24) is 0 Å². The Hall–Kier alpha value is -4.01. The van der Waals surface area contributed by atoms with Crippen LogP contribution in [0.15, 0.2) is 54.1 Å². The lowest BCUT2D eigenvalue weighted by Gasteiger charge is -2.52. The number of carbonyl (C=O) groups is 6. The van der Waals surface area contributed by atoms with Crippen LogP contribution in [-0.2, 0) is 82.4 Å². The van der Waals surface area contributed by atoms with Crippen molar-refractivity contribution in [2.45, 2.75) is 258 Å². The van der Waals surface area contributed by atoms with Gasteiger partial charge < -0.3 is 52.2 Å². The van der Waals surface area contributed by atoms with Crippen LogP contribution in [0.4, 0.5) is 0 Å². The molecule has 1 spiro atoms. The number of unbranched alkanes of at least 4 members (excludes halogenated alkanes) is 4. The highest BCUT2D eigenvalue weighted by molar-refractivity contribution is 6.74. The minimum atomic E-state index is -2.73. The van der Waals surface area contributed by atoms with Gasteiger partial charge in [0.05, 0.1) is 64.2 Å². The summed E-state index contributed by atoms with van der Waals surface area (Å²) in [4.78, 5) is 80.4. The molecule has 4 rings (SSSR count). The largest absolute Gasteiger partial charge is 0.466 e. The van der Waals surface area contributed by atoms with E-state index in [-0.39, 0.29) is 80.3 Å². The van der Waals surface area contributed by atoms with Gasteiger partial charge in [-0.25, -0.2) is 4.79 Å². The van der Waals surface area contributed by atoms with E-state index in [0.717, 1.165) is 50.5 Å². The summed E-state index contributed by atoms with van der Waals surface area (Å²) in [6.45, 7) is 28.1. The van der Waals surface area contributed by atoms with E-state index >= 15 is 0 Å². The molecule has 1 aromatic rings. The van der Waals surface area contributed by atoms with Gasteiger partial charge in [-0.15, -0.1) is 11.6 Å². The van der Waals surface area contributed by atoms with Gasteiger partial charge in [0.1, 0.15) is 24.4 Å². The average Bonchev–Trinajstić information content (AvgIpc) is 2.27. The Bertz CT molecular complexity index is 2330. The van der Waals surface area contributed by atoms with Gasteiger partial charge in [0.2, 0.25) is 5.79 Å². The number of alkyl halides is 1. The summed E-state index contributed by atoms with van der Waals surface area (Å²) in [5, 5.41) is 12.6. The zero-order chi connectivity index (χ0) is 62.7. The van der Waals surface area contributed by atoms with Crippen molar-refractivity contribution in [3.05, 3.63) is 59.7 Å². The smallest absolute Gasteiger partial charge is 0.330 e. The molecule has 17 nitrogen and oxygen atoms in total. The first-order valence-electron chi connectivity index (χ1n) is 30.6. The zero-order valence-electron chi connectivity index (χ0n) is 53.3. The fourth-order valence-electron chi connectivity index (χ4n) is 11.2. The Morgan fingerprint density at radius 1 is 0.857 bits per heavy atom. The van der Waals surface area contributed by atoms with Gasteiger partial charge in [0, 0.05) is 48.5 Å². The number of allylic oxidation sites excluding steroid dienone is 1. The third-order valence-corrected chi connectivity index (χ3v) is 22.2. The topological polar surface area (TPSA) is 215 Å². The van der Waals surface area contributed by atoms with E-state index < -0.39 is 97.2 Å². The van der Waals surface area contributed by atoms with E-state index in [9.17, 15) is 33.9 Å². The van der Waals surface area contributed by atoms with Crippen LogP contribution in [0.1, 0.15) is 185 Å². The normalized spacial score (nSPS) is 25.4. The molecule has 476 valence electrons. The lowest BCUT2D eigenvalue weighted by Crippen LogP contribution is -2.62. The fourth-order valence-corrected chi connectivity index (χ4v) is 12.7. The maximum atomic E-state index is 14.8. The van der Waals surface area contributed by atoms with Crippen LogP contribution in [0.25, 0.3) is 0 Å². The molecule has 84 heavy (non-hydrogen) atoms. The molecule has 2 saturated heterocycles. The number of esters is 5. The van der Waals surface area contributed by atoms with Crippen molar-refractivity contribution in [2.24, 2.45) is 28.6 Å². The van der Waals surface area contributed by atoms with Gasteiger partial charge in [0.25, 0.3) is 0 Å². The summed E-state index contributed by atoms with van der Waals surface area (Å²) in [6.07, 6.45) is 4.80. The number of hydrogen-bond acceptors (Lipinski definition) is 17. The van der Waals surface area contributed by atoms with Gasteiger partial charge >= 0.3 is 29.8 Å². The Balaban J connectivity index is 1.72. The molecule has 19 heteroatoms. The van der Waals surface area contributed by atoms with Gasteiger partial charge in [0.15, 0.2) is 20.2 Å². The van der Waals surface area contributed by atoms with Gasteiger partial charge in [-0.05, 0) is 79.8 Å². The molecule has 2 aliphatic heterocycles. The third-order valence-electron chi connectivity index (χ3n) is 17.4. The number of benzene rings is 1. The summed E-state index contributed by atoms with van der Waals surface area (Å²) < 4.78 is 63.2. The molecule has 1 N–H and O–H groups in total. The maximum Gasteiger partial charge on any atom is 0.330 e. The standard InChI is InChI=1S/C65H103ClO17Si/c1-16-17-18-19-23-27-55(68)80-60-48(35-56(69)74-13)34-50(82-65(60,73)63(11,12)31-24-32-67)36-53(46(5)75-42-47-25-21-20-22-26-47)78-57(70)38-51(83-84(14,15)61(6,7)8)39-58(71)79-54(62(9,10)43-76-59(72)41-66)37-49-30-33-77-64(81-49)40-45(4)28-29-52(64)44(2)3/h20-22,24-26,31-32,35,44-46,49-54,60,73H,16-19,23,27-30,33-34,36-43H2,1-15H3/b31-24+,48-35+/t45-,46-,49+,50+,51-,52+,53-,54+,60+,64+,65-/m1/s1. The minimum absolute atomic E-state index is 0.0525. The first-order chi connectivity index (χ1) is 39.3. The maximum absolute atomic E-state index is 14.8. The first-order valence-corrected chi connectivity index (χ1v) is 34.1. The Morgan fingerprint density at radius 3 is 2.14 bits per heavy atom. The Morgan fingerprint density at radius 2 is 1.52 bits per heavy atom. The number of rotatable bonds is 32. The zero-order valence-corrected chi connectivity index (χ0v) is 55.0. The Kier molecular flexibility index (Phi) is 28.3. The number of carbonyl (C=O) groups excluding carboxylic acids is 6. The van der Waals surface area contributed by atoms with Crippen LogP contribution in [0.2, 0.25) is 18.1 Å². The van der Waals surface area contributed by atoms with E-state index in [1.165, 1.54) is 25.3 Å². The third kappa shape index (κ3) is 21.4. The lowest BCUT2D eigenvalue weighted by molar-refractivity contribution is -0.342. The summed E-state index contributed by atoms with van der Waals surface area (Å²) >= 11 is 5.86. The molecular formula is C65H103ClO17Si. The van der Waals surface area contributed by atoms with Crippen molar-refractivity contribution in [3.8, 4) is 0 Å². The van der Waals surface area contributed by atoms with Gasteiger partial charge in [-0.1, -0.05) is 145 Å². The van der Waals surface area contributed by atoms with E-state index in [0.29, 0.717) is 37.6 Å². The number of ether oxygens (including phenoxy) is 9. The molecule has 0 bridgehead atoms. The number of aliphatic hydroxyl groups is 1. The van der Waals surface area contributed by atoms with E-state index in [2.05, 4.69) is 48.5 Å². The number of halogens is 1. The number of aldehydes is 1. The van der Waals surface area contributed by atoms with Crippen molar-refractivity contribution < 1.29 is 80.9 Å². The lowest BCUT2D eigenvalue weighted by atomic mass is 9.72. The second-order valence-electron chi connectivity index (χ2n) is 26.7. The quantitative estimate of drug-likeness (QED) is 0.0135. The molecule has 3 aliphatic rings. The molecule has 1 aliphatic carbocycles. The van der Waals surface area contributed by atoms with Crippen LogP contribution in [0, 0.1) is 28.6 Å². The second-order valence-corrected chi connectivity index (χ2v) is 31.8. The fraction of sp³-hybridized carbons (Fsp3) is 0.754. The van der Waals surface area contributed by atoms with E-state index in [1.807, 2.05) is 57.3 Å². The monoisotopic (exact) mass is 1220 g/mol. The van der Waals surface area contributed by atoms with E-state index in [4.69, 9.17) is 58.7 Å². The highest BCUT2D eigenvalue weighted by Crippen LogP contribution is 2.49. The summed E-state index contributed by atoms with van der Waals surface area (Å²) in [7, 11) is -1.53. The molecule has 11 atom stereocenters. The van der Waals surface area contributed by atoms with Gasteiger partial charge in [-0.2, -0.15) is 0 Å². The average molecular weight is 1220 g/mol. The molecule has 0 radical (unpaired) electrons. The van der Waals surface area contributed by atoms with Crippen molar-refractivity contribution in [2.75, 3.05) is 26.2 Å². The summed E-state index contributed by atoms with van der Waals surface area (Å²) in [5.74, 6) is -6.02. The molecular weight excluding hydrogens is 1120 g/mol. The molecule has 1 aromatic carbocycles. The number of methoxy groups -OCH3 is 1. The second kappa shape index (κ2) is 32.8. The SMILES string of the molecule is CCCCCCCC(=O)O[C@H]1/C(=C/C(=O)OC)C[C@@H](C[C@@H](OC(=O)C[C@H](CC(=O)O[C@@H](C[C@@H]2CCO[C@@]3(C[C@H](C)CC[C@H]3C(C)C)O2)C(C)(C)COC(=O)CCl)O[Si](C)(C)C(C)(C)C)[C@@H](C)OCc2ccccc2)O[C@@]1(O)C(C)(C)/C=C/C=O. The molecule has 0 amide bonds. The van der Waals surface area contributed by atoms with Crippen LogP contribution in [0.3, 0.4) is 0 Å². The van der Waals surface area contributed by atoms with Crippen LogP contribution in [-0.4, -0.2) is 130 Å². The minimum Gasteiger partial charge on any atom is -0.466 e. The van der Waals surface area contributed by atoms with Gasteiger partial charge in [-0.3, -0.25) is 24.0 Å². The molecule has 0 unspecified atom stereocenters. The number of hydrogen-bond donors (Lipinski definition) is 1. The van der Waals surface area contributed by atoms with Crippen LogP contribution < -0.4 is 0 Å². The summed E-state index contributed by atoms with van der Waals surface area (Å²) in [6, 6.07) is 9.44. The molecule has 3 fully saturated rings. The van der Waals surface area contributed by atoms with Crippen molar-refractivity contribution in [1.29, 1.82) is 0 Å². The predicted octanol–water partition coefficient (Wildman–Crippen LogP) is 12.4. The molecule has 0 aromatic heterocycles. The highest BCUT2D eigenvalue weighted by Gasteiger charge is 2.58. The Labute approximate surface area is 507 Å². The summed E-state index contributed by atoms with van der Waals surface area (Å²) in [5.41, 5.74) is -1.32. The van der Waals surface area contributed by atoms with Crippen LogP contribution in [0.5, 0.6) is 0 Å².